The number of quaternary nitrogens is 1. The third-order valence-electron chi connectivity index (χ3n) is 10.5. The first-order chi connectivity index (χ1) is 22.2. The summed E-state index contributed by atoms with van der Waals surface area (Å²) in [6.45, 7) is 17.7. The van der Waals surface area contributed by atoms with E-state index >= 15 is 0 Å². The van der Waals surface area contributed by atoms with E-state index in [1.807, 2.05) is 0 Å². The van der Waals surface area contributed by atoms with E-state index in [-0.39, 0.29) is 12.4 Å². The van der Waals surface area contributed by atoms with Crippen LogP contribution in [0.5, 0.6) is 0 Å². The highest BCUT2D eigenvalue weighted by molar-refractivity contribution is 4.72. The van der Waals surface area contributed by atoms with Crippen molar-refractivity contribution in [3.8, 4) is 0 Å². The highest BCUT2D eigenvalue weighted by atomic mass is 35.5. The molecule has 0 heterocycles. The van der Waals surface area contributed by atoms with Gasteiger partial charge in [-0.25, -0.2) is 0 Å². The molecule has 0 aliphatic carbocycles. The summed E-state index contributed by atoms with van der Waals surface area (Å²) in [5.74, 6) is 0. The second kappa shape index (κ2) is 40.9. The molecule has 2 heteroatoms. The summed E-state index contributed by atoms with van der Waals surface area (Å²) in [5, 5.41) is 0. The zero-order valence-electron chi connectivity index (χ0n) is 32.3. The van der Waals surface area contributed by atoms with Crippen molar-refractivity contribution in [3.05, 3.63) is 25.3 Å². The van der Waals surface area contributed by atoms with Crippen LogP contribution < -0.4 is 12.4 Å². The molecule has 0 aliphatic rings. The first-order valence-electron chi connectivity index (χ1n) is 21.3. The van der Waals surface area contributed by atoms with Gasteiger partial charge in [0.15, 0.2) is 0 Å². The first-order valence-corrected chi connectivity index (χ1v) is 21.3. The van der Waals surface area contributed by atoms with E-state index in [2.05, 4.69) is 39.2 Å². The molecule has 46 heavy (non-hydrogen) atoms. The molecule has 0 atom stereocenters. The van der Waals surface area contributed by atoms with Crippen molar-refractivity contribution in [2.45, 2.75) is 232 Å². The van der Waals surface area contributed by atoms with Crippen LogP contribution in [-0.4, -0.2) is 30.7 Å². The van der Waals surface area contributed by atoms with E-state index < -0.39 is 0 Å². The van der Waals surface area contributed by atoms with Crippen molar-refractivity contribution >= 4 is 0 Å². The quantitative estimate of drug-likeness (QED) is 0.0347. The Hall–Kier alpha value is -0.270. The van der Waals surface area contributed by atoms with Gasteiger partial charge in [-0.1, -0.05) is 220 Å². The molecule has 0 rings (SSSR count). The molecular formula is C44H88ClN. The molecule has 0 saturated heterocycles. The highest BCUT2D eigenvalue weighted by Gasteiger charge is 2.23. The van der Waals surface area contributed by atoms with E-state index in [4.69, 9.17) is 0 Å². The van der Waals surface area contributed by atoms with Crippen molar-refractivity contribution in [3.63, 3.8) is 0 Å². The molecule has 0 aliphatic heterocycles. The monoisotopic (exact) mass is 666 g/mol. The Balaban J connectivity index is 0. The Kier molecular flexibility index (Phi) is 42.5. The number of unbranched alkanes of at least 4 members (excludes halogenated alkanes) is 32. The fraction of sp³-hybridized carbons (Fsp3) is 0.909. The maximum absolute atomic E-state index is 4.13. The standard InChI is InChI=1S/C44H88N.ClH/c1-5-9-11-13-15-17-19-21-23-25-27-29-31-33-35-37-39-43-45(41-7-3,42-8-4)44-40-38-36-34-32-30-28-26-24-22-20-18-16-14-12-10-6-2;/h7-8H,3-6,9-44H2,1-2H3;1H/q+1;/p-1. The van der Waals surface area contributed by atoms with Gasteiger partial charge in [0, 0.05) is 0 Å². The van der Waals surface area contributed by atoms with Crippen LogP contribution in [0.3, 0.4) is 0 Å². The minimum atomic E-state index is 0. The molecule has 0 aromatic heterocycles. The lowest BCUT2D eigenvalue weighted by Crippen LogP contribution is -3.00. The van der Waals surface area contributed by atoms with Gasteiger partial charge in [-0.2, -0.15) is 0 Å². The third kappa shape index (κ3) is 35.0. The van der Waals surface area contributed by atoms with Gasteiger partial charge in [-0.05, 0) is 37.8 Å². The van der Waals surface area contributed by atoms with Crippen LogP contribution in [0.25, 0.3) is 0 Å². The van der Waals surface area contributed by atoms with Gasteiger partial charge in [-0.3, -0.25) is 0 Å². The fourth-order valence-corrected chi connectivity index (χ4v) is 7.44. The predicted octanol–water partition coefficient (Wildman–Crippen LogP) is 12.5. The summed E-state index contributed by atoms with van der Waals surface area (Å²) in [6, 6.07) is 0. The topological polar surface area (TPSA) is 0 Å². The van der Waals surface area contributed by atoms with Crippen LogP contribution in [0.4, 0.5) is 0 Å². The summed E-state index contributed by atoms with van der Waals surface area (Å²) in [5.41, 5.74) is 0. The molecule has 0 N–H and O–H groups in total. The van der Waals surface area contributed by atoms with Gasteiger partial charge in [0.2, 0.25) is 0 Å². The molecule has 0 saturated carbocycles. The Bertz CT molecular complexity index is 522. The number of hydrogen-bond donors (Lipinski definition) is 0. The van der Waals surface area contributed by atoms with Crippen molar-refractivity contribution in [1.82, 2.24) is 0 Å². The fourth-order valence-electron chi connectivity index (χ4n) is 7.44. The number of halogens is 1. The van der Waals surface area contributed by atoms with Crippen LogP contribution in [0.15, 0.2) is 25.3 Å². The molecule has 0 unspecified atom stereocenters. The lowest BCUT2D eigenvalue weighted by Gasteiger charge is -2.37. The van der Waals surface area contributed by atoms with Gasteiger partial charge in [-0.15, -0.1) is 0 Å². The SMILES string of the molecule is C=CC[N+](CC=C)(CCCCCCCCCCCCCCCCCCC)CCCCCCCCCCCCCCCCCCC.[Cl-]. The van der Waals surface area contributed by atoms with E-state index in [0.29, 0.717) is 0 Å². The number of hydrogen-bond acceptors (Lipinski definition) is 0. The predicted molar refractivity (Wildman–Crippen MR) is 208 cm³/mol. The van der Waals surface area contributed by atoms with Crippen molar-refractivity contribution in [1.29, 1.82) is 0 Å². The van der Waals surface area contributed by atoms with Gasteiger partial charge in [0.25, 0.3) is 0 Å². The smallest absolute Gasteiger partial charge is 0.0973 e. The maximum atomic E-state index is 4.13. The zero-order valence-corrected chi connectivity index (χ0v) is 33.0. The van der Waals surface area contributed by atoms with E-state index in [9.17, 15) is 0 Å². The highest BCUT2D eigenvalue weighted by Crippen LogP contribution is 2.18. The molecule has 1 nitrogen and oxygen atoms in total. The number of rotatable bonds is 40. The van der Waals surface area contributed by atoms with Crippen molar-refractivity contribution < 1.29 is 16.9 Å². The average molecular weight is 667 g/mol. The molecule has 0 aromatic rings. The van der Waals surface area contributed by atoms with E-state index in [1.165, 1.54) is 236 Å². The van der Waals surface area contributed by atoms with Crippen LogP contribution >= 0.6 is 0 Å². The normalized spacial score (nSPS) is 11.5. The Labute approximate surface area is 299 Å². The summed E-state index contributed by atoms with van der Waals surface area (Å²) in [6.07, 6.45) is 53.6. The average Bonchev–Trinajstić information content (AvgIpc) is 3.04. The number of nitrogens with zero attached hydrogens (tertiary/aromatic N) is 1. The molecule has 0 spiro atoms. The van der Waals surface area contributed by atoms with E-state index in [1.54, 1.807) is 0 Å². The summed E-state index contributed by atoms with van der Waals surface area (Å²) in [4.78, 5) is 0. The van der Waals surface area contributed by atoms with Crippen LogP contribution in [0, 0.1) is 0 Å². The van der Waals surface area contributed by atoms with Crippen molar-refractivity contribution in [2.24, 2.45) is 0 Å². The molecule has 0 fully saturated rings. The van der Waals surface area contributed by atoms with Crippen molar-refractivity contribution in [2.75, 3.05) is 26.2 Å². The minimum absolute atomic E-state index is 0. The minimum Gasteiger partial charge on any atom is -1.00 e. The van der Waals surface area contributed by atoms with Crippen LogP contribution in [0.1, 0.15) is 232 Å². The Morgan fingerprint density at radius 2 is 0.478 bits per heavy atom. The van der Waals surface area contributed by atoms with Gasteiger partial charge in [0.05, 0.1) is 26.2 Å². The first kappa shape index (κ1) is 47.8. The molecule has 0 amide bonds. The Morgan fingerprint density at radius 3 is 0.652 bits per heavy atom. The molecule has 276 valence electrons. The molecule has 0 bridgehead atoms. The maximum Gasteiger partial charge on any atom is 0.0973 e. The lowest BCUT2D eigenvalue weighted by atomic mass is 10.0. The largest absolute Gasteiger partial charge is 1.00 e. The van der Waals surface area contributed by atoms with Gasteiger partial charge < -0.3 is 16.9 Å². The summed E-state index contributed by atoms with van der Waals surface area (Å²) < 4.78 is 1.20. The molecular weight excluding hydrogens is 578 g/mol. The van der Waals surface area contributed by atoms with Crippen LogP contribution in [-0.2, 0) is 0 Å². The summed E-state index contributed by atoms with van der Waals surface area (Å²) in [7, 11) is 0. The van der Waals surface area contributed by atoms with Crippen LogP contribution in [0.2, 0.25) is 0 Å². The lowest BCUT2D eigenvalue weighted by molar-refractivity contribution is -0.917. The second-order valence-corrected chi connectivity index (χ2v) is 15.0. The second-order valence-electron chi connectivity index (χ2n) is 15.0. The van der Waals surface area contributed by atoms with E-state index in [0.717, 1.165) is 13.1 Å². The van der Waals surface area contributed by atoms with Gasteiger partial charge in [0.1, 0.15) is 0 Å². The summed E-state index contributed by atoms with van der Waals surface area (Å²) >= 11 is 0. The third-order valence-corrected chi connectivity index (χ3v) is 10.5. The molecule has 0 radical (unpaired) electrons. The Morgan fingerprint density at radius 1 is 0.304 bits per heavy atom. The molecule has 0 aromatic carbocycles. The zero-order chi connectivity index (χ0) is 32.8. The van der Waals surface area contributed by atoms with Gasteiger partial charge >= 0.3 is 0 Å².